The van der Waals surface area contributed by atoms with Gasteiger partial charge in [-0.05, 0) is 37.0 Å². The number of aliphatic hydroxyl groups is 1. The summed E-state index contributed by atoms with van der Waals surface area (Å²) in [7, 11) is 0. The van der Waals surface area contributed by atoms with Crippen LogP contribution in [-0.2, 0) is 6.61 Å². The normalized spacial score (nSPS) is 10.5. The maximum atomic E-state index is 9.10. The highest BCUT2D eigenvalue weighted by Crippen LogP contribution is 2.16. The molecule has 0 aliphatic rings. The van der Waals surface area contributed by atoms with Crippen LogP contribution in [-0.4, -0.2) is 23.2 Å². The summed E-state index contributed by atoms with van der Waals surface area (Å²) < 4.78 is 0. The minimum atomic E-state index is 0.0701. The van der Waals surface area contributed by atoms with E-state index in [0.29, 0.717) is 0 Å². The molecule has 1 heterocycles. The smallest absolute Gasteiger partial charge is 0.128 e. The Labute approximate surface area is 98.1 Å². The molecular weight excluding hydrogens is 200 g/mol. The van der Waals surface area contributed by atoms with Crippen molar-refractivity contribution in [2.24, 2.45) is 0 Å². The molecule has 90 valence electrons. The van der Waals surface area contributed by atoms with Crippen molar-refractivity contribution in [3.63, 3.8) is 0 Å². The molecule has 0 saturated heterocycles. The molecule has 1 aromatic heterocycles. The molecule has 1 rings (SSSR count). The summed E-state index contributed by atoms with van der Waals surface area (Å²) in [4.78, 5) is 6.71. The Balaban J connectivity index is 2.87. The van der Waals surface area contributed by atoms with E-state index < -0.39 is 0 Å². The molecule has 0 atom stereocenters. The number of aliphatic hydroxyl groups excluding tert-OH is 1. The Morgan fingerprint density at radius 1 is 1.25 bits per heavy atom. The third kappa shape index (κ3) is 3.20. The number of pyridine rings is 1. The largest absolute Gasteiger partial charge is 0.392 e. The Bertz CT molecular complexity index is 320. The Hall–Kier alpha value is -1.09. The van der Waals surface area contributed by atoms with Crippen molar-refractivity contribution in [1.82, 2.24) is 4.98 Å². The summed E-state index contributed by atoms with van der Waals surface area (Å²) in [5.41, 5.74) is 2.03. The summed E-state index contributed by atoms with van der Waals surface area (Å²) >= 11 is 0. The van der Waals surface area contributed by atoms with Crippen LogP contribution in [0.15, 0.2) is 12.3 Å². The Morgan fingerprint density at radius 3 is 2.31 bits per heavy atom. The van der Waals surface area contributed by atoms with Crippen LogP contribution in [0.3, 0.4) is 0 Å². The molecule has 0 radical (unpaired) electrons. The summed E-state index contributed by atoms with van der Waals surface area (Å²) in [5.74, 6) is 1.03. The van der Waals surface area contributed by atoms with Crippen LogP contribution in [0.5, 0.6) is 0 Å². The Kier molecular flexibility index (Phi) is 5.26. The minimum absolute atomic E-state index is 0.0701. The lowest BCUT2D eigenvalue weighted by molar-refractivity contribution is 0.280. The summed E-state index contributed by atoms with van der Waals surface area (Å²) in [5, 5.41) is 9.10. The van der Waals surface area contributed by atoms with Crippen LogP contribution in [0.25, 0.3) is 0 Å². The van der Waals surface area contributed by atoms with Gasteiger partial charge in [0.25, 0.3) is 0 Å². The standard InChI is InChI=1S/C13H22N2O/c1-4-6-15(7-5-2)13-8-11(3)12(10-16)9-14-13/h8-9,16H,4-7,10H2,1-3H3. The van der Waals surface area contributed by atoms with Gasteiger partial charge in [0.2, 0.25) is 0 Å². The summed E-state index contributed by atoms with van der Waals surface area (Å²) in [6, 6.07) is 2.07. The van der Waals surface area contributed by atoms with E-state index in [4.69, 9.17) is 5.11 Å². The van der Waals surface area contributed by atoms with Gasteiger partial charge in [0.15, 0.2) is 0 Å². The van der Waals surface area contributed by atoms with Gasteiger partial charge in [-0.2, -0.15) is 0 Å². The first kappa shape index (κ1) is 13.0. The van der Waals surface area contributed by atoms with E-state index in [1.807, 2.05) is 6.92 Å². The van der Waals surface area contributed by atoms with Gasteiger partial charge in [-0.3, -0.25) is 0 Å². The molecule has 0 fully saturated rings. The highest BCUT2D eigenvalue weighted by atomic mass is 16.3. The van der Waals surface area contributed by atoms with Crippen molar-refractivity contribution in [2.75, 3.05) is 18.0 Å². The zero-order valence-corrected chi connectivity index (χ0v) is 10.5. The molecule has 0 aliphatic carbocycles. The van der Waals surface area contributed by atoms with Crippen LogP contribution in [0.2, 0.25) is 0 Å². The molecule has 1 N–H and O–H groups in total. The molecule has 0 unspecified atom stereocenters. The highest BCUT2D eigenvalue weighted by molar-refractivity contribution is 5.43. The lowest BCUT2D eigenvalue weighted by atomic mass is 10.1. The molecule has 3 heteroatoms. The zero-order valence-electron chi connectivity index (χ0n) is 10.5. The van der Waals surface area contributed by atoms with Crippen LogP contribution in [0.4, 0.5) is 5.82 Å². The maximum absolute atomic E-state index is 9.10. The van der Waals surface area contributed by atoms with Crippen LogP contribution in [0, 0.1) is 6.92 Å². The average molecular weight is 222 g/mol. The van der Waals surface area contributed by atoms with Crippen molar-refractivity contribution in [1.29, 1.82) is 0 Å². The lowest BCUT2D eigenvalue weighted by Crippen LogP contribution is -2.26. The van der Waals surface area contributed by atoms with E-state index in [1.165, 1.54) is 0 Å². The first-order valence-electron chi connectivity index (χ1n) is 6.04. The highest BCUT2D eigenvalue weighted by Gasteiger charge is 2.07. The van der Waals surface area contributed by atoms with Crippen molar-refractivity contribution >= 4 is 5.82 Å². The molecule has 0 spiro atoms. The molecule has 16 heavy (non-hydrogen) atoms. The predicted octanol–water partition coefficient (Wildman–Crippen LogP) is 2.51. The maximum Gasteiger partial charge on any atom is 0.128 e. The zero-order chi connectivity index (χ0) is 12.0. The van der Waals surface area contributed by atoms with E-state index in [0.717, 1.165) is 42.9 Å². The third-order valence-corrected chi connectivity index (χ3v) is 2.69. The van der Waals surface area contributed by atoms with Crippen molar-refractivity contribution in [3.05, 3.63) is 23.4 Å². The number of nitrogens with zero attached hydrogens (tertiary/aromatic N) is 2. The lowest BCUT2D eigenvalue weighted by Gasteiger charge is -2.23. The second kappa shape index (κ2) is 6.48. The predicted molar refractivity (Wildman–Crippen MR) is 67.7 cm³/mol. The van der Waals surface area contributed by atoms with Gasteiger partial charge in [0.05, 0.1) is 6.61 Å². The fourth-order valence-electron chi connectivity index (χ4n) is 1.79. The molecule has 0 bridgehead atoms. The molecule has 3 nitrogen and oxygen atoms in total. The first-order valence-corrected chi connectivity index (χ1v) is 6.04. The molecule has 0 amide bonds. The van der Waals surface area contributed by atoms with Crippen molar-refractivity contribution in [2.45, 2.75) is 40.2 Å². The van der Waals surface area contributed by atoms with E-state index in [9.17, 15) is 0 Å². The summed E-state index contributed by atoms with van der Waals surface area (Å²) in [6.07, 6.45) is 4.04. The van der Waals surface area contributed by atoms with Gasteiger partial charge in [0, 0.05) is 19.3 Å². The van der Waals surface area contributed by atoms with Gasteiger partial charge in [-0.1, -0.05) is 13.8 Å². The van der Waals surface area contributed by atoms with E-state index >= 15 is 0 Å². The number of aromatic nitrogens is 1. The van der Waals surface area contributed by atoms with Crippen molar-refractivity contribution in [3.8, 4) is 0 Å². The van der Waals surface area contributed by atoms with Gasteiger partial charge in [-0.25, -0.2) is 4.98 Å². The van der Waals surface area contributed by atoms with E-state index in [1.54, 1.807) is 6.20 Å². The first-order chi connectivity index (χ1) is 7.72. The summed E-state index contributed by atoms with van der Waals surface area (Å²) in [6.45, 7) is 8.53. The van der Waals surface area contributed by atoms with Crippen LogP contribution in [0.1, 0.15) is 37.8 Å². The second-order valence-corrected chi connectivity index (χ2v) is 4.11. The molecule has 1 aromatic rings. The van der Waals surface area contributed by atoms with Gasteiger partial charge < -0.3 is 10.0 Å². The van der Waals surface area contributed by atoms with Crippen LogP contribution < -0.4 is 4.90 Å². The van der Waals surface area contributed by atoms with E-state index in [2.05, 4.69) is 29.8 Å². The van der Waals surface area contributed by atoms with E-state index in [-0.39, 0.29) is 6.61 Å². The molecule has 0 aromatic carbocycles. The second-order valence-electron chi connectivity index (χ2n) is 4.11. The molecule has 0 saturated carbocycles. The Morgan fingerprint density at radius 2 is 1.88 bits per heavy atom. The quantitative estimate of drug-likeness (QED) is 0.803. The fraction of sp³-hybridized carbons (Fsp3) is 0.615. The van der Waals surface area contributed by atoms with Gasteiger partial charge >= 0.3 is 0 Å². The average Bonchev–Trinajstić information content (AvgIpc) is 2.28. The number of rotatable bonds is 6. The van der Waals surface area contributed by atoms with Gasteiger partial charge in [0.1, 0.15) is 5.82 Å². The fourth-order valence-corrected chi connectivity index (χ4v) is 1.79. The number of hydrogen-bond acceptors (Lipinski definition) is 3. The minimum Gasteiger partial charge on any atom is -0.392 e. The third-order valence-electron chi connectivity index (χ3n) is 2.69. The van der Waals surface area contributed by atoms with Crippen LogP contribution >= 0.6 is 0 Å². The SMILES string of the molecule is CCCN(CCC)c1cc(C)c(CO)cn1. The number of anilines is 1. The topological polar surface area (TPSA) is 36.4 Å². The molecular formula is C13H22N2O. The van der Waals surface area contributed by atoms with Gasteiger partial charge in [-0.15, -0.1) is 0 Å². The number of aryl methyl sites for hydroxylation is 1. The monoisotopic (exact) mass is 222 g/mol. The number of hydrogen-bond donors (Lipinski definition) is 1. The van der Waals surface area contributed by atoms with Crippen molar-refractivity contribution < 1.29 is 5.11 Å². The molecule has 0 aliphatic heterocycles.